The largest absolute Gasteiger partial charge is 0.325 e. The van der Waals surface area contributed by atoms with E-state index in [2.05, 4.69) is 23.3 Å². The number of aryl methyl sites for hydroxylation is 1. The van der Waals surface area contributed by atoms with Crippen molar-refractivity contribution < 1.29 is 0 Å². The molecule has 1 aliphatic carbocycles. The summed E-state index contributed by atoms with van der Waals surface area (Å²) in [5.74, 6) is 0. The van der Waals surface area contributed by atoms with Crippen LogP contribution in [0.25, 0.3) is 10.9 Å². The Morgan fingerprint density at radius 1 is 1.47 bits per heavy atom. The Morgan fingerprint density at radius 2 is 2.27 bits per heavy atom. The summed E-state index contributed by atoms with van der Waals surface area (Å²) in [7, 11) is 1.99. The average Bonchev–Trinajstić information content (AvgIpc) is 2.80. The third-order valence-electron chi connectivity index (χ3n) is 3.28. The quantitative estimate of drug-likeness (QED) is 0.802. The van der Waals surface area contributed by atoms with E-state index in [1.54, 1.807) is 0 Å². The van der Waals surface area contributed by atoms with Gasteiger partial charge in [0.15, 0.2) is 0 Å². The molecule has 3 nitrogen and oxygen atoms in total. The van der Waals surface area contributed by atoms with E-state index in [4.69, 9.17) is 5.73 Å². The molecular formula is C12H15N3. The van der Waals surface area contributed by atoms with Gasteiger partial charge in [0.1, 0.15) is 0 Å². The van der Waals surface area contributed by atoms with Crippen LogP contribution in [0, 0.1) is 0 Å². The van der Waals surface area contributed by atoms with Crippen molar-refractivity contribution in [3.63, 3.8) is 0 Å². The van der Waals surface area contributed by atoms with E-state index in [0.717, 1.165) is 19.3 Å². The first-order chi connectivity index (χ1) is 7.18. The lowest BCUT2D eigenvalue weighted by Crippen LogP contribution is -2.24. The number of rotatable bonds is 2. The number of nitrogens with two attached hydrogens (primary N) is 1. The van der Waals surface area contributed by atoms with Gasteiger partial charge in [-0.15, -0.1) is 0 Å². The maximum Gasteiger partial charge on any atom is 0.0711 e. The van der Waals surface area contributed by atoms with E-state index < -0.39 is 0 Å². The van der Waals surface area contributed by atoms with Gasteiger partial charge in [0.2, 0.25) is 0 Å². The minimum atomic E-state index is 0.0680. The van der Waals surface area contributed by atoms with E-state index in [1.807, 2.05) is 17.9 Å². The highest BCUT2D eigenvalue weighted by Crippen LogP contribution is 2.36. The predicted molar refractivity (Wildman–Crippen MR) is 60.6 cm³/mol. The van der Waals surface area contributed by atoms with Crippen molar-refractivity contribution in [2.24, 2.45) is 12.8 Å². The van der Waals surface area contributed by atoms with Crippen molar-refractivity contribution in [2.75, 3.05) is 0 Å². The highest BCUT2D eigenvalue weighted by Gasteiger charge is 2.38. The molecule has 0 unspecified atom stereocenters. The van der Waals surface area contributed by atoms with Crippen molar-refractivity contribution in [3.8, 4) is 0 Å². The smallest absolute Gasteiger partial charge is 0.0711 e. The predicted octanol–water partition coefficient (Wildman–Crippen LogP) is 1.61. The van der Waals surface area contributed by atoms with Crippen LogP contribution in [0.3, 0.4) is 0 Å². The van der Waals surface area contributed by atoms with E-state index >= 15 is 0 Å². The topological polar surface area (TPSA) is 43.8 Å². The molecule has 2 aromatic rings. The number of para-hydroxylation sites is 1. The van der Waals surface area contributed by atoms with Crippen LogP contribution in [0.2, 0.25) is 0 Å². The summed E-state index contributed by atoms with van der Waals surface area (Å²) in [5.41, 5.74) is 8.78. The molecule has 0 atom stereocenters. The lowest BCUT2D eigenvalue weighted by Gasteiger charge is -2.10. The molecule has 1 heterocycles. The summed E-state index contributed by atoms with van der Waals surface area (Å²) >= 11 is 0. The van der Waals surface area contributed by atoms with Crippen molar-refractivity contribution in [1.29, 1.82) is 0 Å². The fraction of sp³-hybridized carbons (Fsp3) is 0.417. The van der Waals surface area contributed by atoms with Crippen LogP contribution in [0.4, 0.5) is 0 Å². The van der Waals surface area contributed by atoms with Crippen molar-refractivity contribution in [1.82, 2.24) is 9.78 Å². The second-order valence-corrected chi connectivity index (χ2v) is 4.66. The zero-order chi connectivity index (χ0) is 10.5. The standard InChI is InChI=1S/C12H15N3/c1-15-11-9(7-12(13)5-6-12)3-2-4-10(11)8-14-15/h2-4,8H,5-7,13H2,1H3. The Morgan fingerprint density at radius 3 is 3.00 bits per heavy atom. The fourth-order valence-corrected chi connectivity index (χ4v) is 2.18. The molecule has 0 saturated heterocycles. The van der Waals surface area contributed by atoms with Crippen LogP contribution in [-0.2, 0) is 13.5 Å². The molecule has 15 heavy (non-hydrogen) atoms. The van der Waals surface area contributed by atoms with Gasteiger partial charge in [-0.3, -0.25) is 4.68 Å². The van der Waals surface area contributed by atoms with Crippen LogP contribution >= 0.6 is 0 Å². The first-order valence-electron chi connectivity index (χ1n) is 5.36. The molecular weight excluding hydrogens is 186 g/mol. The maximum absolute atomic E-state index is 6.16. The molecule has 78 valence electrons. The van der Waals surface area contributed by atoms with E-state index in [-0.39, 0.29) is 5.54 Å². The Kier molecular flexibility index (Phi) is 1.68. The van der Waals surface area contributed by atoms with Gasteiger partial charge >= 0.3 is 0 Å². The maximum atomic E-state index is 6.16. The van der Waals surface area contributed by atoms with Gasteiger partial charge in [0.25, 0.3) is 0 Å². The summed E-state index contributed by atoms with van der Waals surface area (Å²) in [6, 6.07) is 6.35. The lowest BCUT2D eigenvalue weighted by molar-refractivity contribution is 0.670. The van der Waals surface area contributed by atoms with Gasteiger partial charge in [-0.1, -0.05) is 18.2 Å². The third kappa shape index (κ3) is 1.43. The van der Waals surface area contributed by atoms with Gasteiger partial charge in [0, 0.05) is 18.0 Å². The van der Waals surface area contributed by atoms with E-state index in [1.165, 1.54) is 16.5 Å². The molecule has 1 aromatic heterocycles. The minimum absolute atomic E-state index is 0.0680. The summed E-state index contributed by atoms with van der Waals surface area (Å²) < 4.78 is 1.94. The molecule has 0 spiro atoms. The fourth-order valence-electron chi connectivity index (χ4n) is 2.18. The Bertz CT molecular complexity index is 509. The summed E-state index contributed by atoms with van der Waals surface area (Å²) in [6.45, 7) is 0. The van der Waals surface area contributed by atoms with Crippen LogP contribution in [0.15, 0.2) is 24.4 Å². The SMILES string of the molecule is Cn1ncc2cccc(CC3(N)CC3)c21. The Balaban J connectivity index is 2.12. The Labute approximate surface area is 88.9 Å². The number of nitrogens with zero attached hydrogens (tertiary/aromatic N) is 2. The molecule has 2 N–H and O–H groups in total. The molecule has 1 fully saturated rings. The zero-order valence-corrected chi connectivity index (χ0v) is 8.90. The van der Waals surface area contributed by atoms with Crippen molar-refractivity contribution in [3.05, 3.63) is 30.0 Å². The summed E-state index contributed by atoms with van der Waals surface area (Å²) in [6.07, 6.45) is 5.20. The monoisotopic (exact) mass is 201 g/mol. The molecule has 0 aliphatic heterocycles. The number of fused-ring (bicyclic) bond motifs is 1. The number of benzene rings is 1. The number of hydrogen-bond donors (Lipinski definition) is 1. The van der Waals surface area contributed by atoms with Gasteiger partial charge < -0.3 is 5.73 Å². The average molecular weight is 201 g/mol. The van der Waals surface area contributed by atoms with Crippen LogP contribution in [0.1, 0.15) is 18.4 Å². The lowest BCUT2D eigenvalue weighted by atomic mass is 10.0. The first kappa shape index (κ1) is 8.92. The molecule has 3 heteroatoms. The van der Waals surface area contributed by atoms with Crippen LogP contribution in [-0.4, -0.2) is 15.3 Å². The Hall–Kier alpha value is -1.35. The van der Waals surface area contributed by atoms with Crippen LogP contribution in [0.5, 0.6) is 0 Å². The number of aromatic nitrogens is 2. The third-order valence-corrected chi connectivity index (χ3v) is 3.28. The van der Waals surface area contributed by atoms with Gasteiger partial charge in [0.05, 0.1) is 11.7 Å². The van der Waals surface area contributed by atoms with Gasteiger partial charge in [-0.25, -0.2) is 0 Å². The highest BCUT2D eigenvalue weighted by atomic mass is 15.2. The van der Waals surface area contributed by atoms with Gasteiger partial charge in [-0.05, 0) is 24.8 Å². The molecule has 0 amide bonds. The molecule has 0 radical (unpaired) electrons. The first-order valence-corrected chi connectivity index (χ1v) is 5.36. The molecule has 3 rings (SSSR count). The number of hydrogen-bond acceptors (Lipinski definition) is 2. The molecule has 1 saturated carbocycles. The highest BCUT2D eigenvalue weighted by molar-refractivity contribution is 5.82. The normalized spacial score (nSPS) is 18.3. The second-order valence-electron chi connectivity index (χ2n) is 4.66. The summed E-state index contributed by atoms with van der Waals surface area (Å²) in [4.78, 5) is 0. The molecule has 1 aromatic carbocycles. The van der Waals surface area contributed by atoms with E-state index in [0.29, 0.717) is 0 Å². The second kappa shape index (κ2) is 2.83. The van der Waals surface area contributed by atoms with E-state index in [9.17, 15) is 0 Å². The zero-order valence-electron chi connectivity index (χ0n) is 8.90. The van der Waals surface area contributed by atoms with Crippen molar-refractivity contribution >= 4 is 10.9 Å². The minimum Gasteiger partial charge on any atom is -0.325 e. The van der Waals surface area contributed by atoms with Gasteiger partial charge in [-0.2, -0.15) is 5.10 Å². The molecule has 1 aliphatic rings. The van der Waals surface area contributed by atoms with Crippen molar-refractivity contribution in [2.45, 2.75) is 24.8 Å². The van der Waals surface area contributed by atoms with Crippen LogP contribution < -0.4 is 5.73 Å². The summed E-state index contributed by atoms with van der Waals surface area (Å²) in [5, 5.41) is 5.49. The molecule has 0 bridgehead atoms.